The quantitative estimate of drug-likeness (QED) is 0.886. The average Bonchev–Trinajstić information content (AvgIpc) is 2.86. The van der Waals surface area contributed by atoms with Crippen molar-refractivity contribution < 1.29 is 9.13 Å². The zero-order valence-corrected chi connectivity index (χ0v) is 10.1. The van der Waals surface area contributed by atoms with Crippen molar-refractivity contribution in [2.24, 2.45) is 5.73 Å². The lowest BCUT2D eigenvalue weighted by atomic mass is 10.2. The third-order valence-corrected chi connectivity index (χ3v) is 3.44. The van der Waals surface area contributed by atoms with E-state index in [2.05, 4.69) is 0 Å². The van der Waals surface area contributed by atoms with Crippen LogP contribution in [0.25, 0.3) is 0 Å². The molecule has 2 rings (SSSR count). The van der Waals surface area contributed by atoms with Crippen LogP contribution in [0.2, 0.25) is 0 Å². The largest absolute Gasteiger partial charge is 0.367 e. The van der Waals surface area contributed by atoms with E-state index in [1.54, 1.807) is 29.5 Å². The SMILES string of the molecule is NCC(OCc1ccccc1F)c1cccs1. The van der Waals surface area contributed by atoms with Crippen LogP contribution in [0.15, 0.2) is 41.8 Å². The van der Waals surface area contributed by atoms with Gasteiger partial charge in [0.15, 0.2) is 0 Å². The summed E-state index contributed by atoms with van der Waals surface area (Å²) in [4.78, 5) is 1.07. The van der Waals surface area contributed by atoms with Gasteiger partial charge in [0, 0.05) is 17.0 Å². The summed E-state index contributed by atoms with van der Waals surface area (Å²) in [5, 5.41) is 1.98. The molecule has 4 heteroatoms. The van der Waals surface area contributed by atoms with Crippen molar-refractivity contribution in [1.82, 2.24) is 0 Å². The van der Waals surface area contributed by atoms with Gasteiger partial charge in [0.05, 0.1) is 6.61 Å². The van der Waals surface area contributed by atoms with E-state index in [4.69, 9.17) is 10.5 Å². The molecule has 0 amide bonds. The molecular formula is C13H14FNOS. The van der Waals surface area contributed by atoms with Crippen molar-refractivity contribution in [2.75, 3.05) is 6.54 Å². The zero-order valence-electron chi connectivity index (χ0n) is 9.30. The van der Waals surface area contributed by atoms with Gasteiger partial charge in [-0.1, -0.05) is 24.3 Å². The maximum atomic E-state index is 13.4. The summed E-state index contributed by atoms with van der Waals surface area (Å²) in [7, 11) is 0. The van der Waals surface area contributed by atoms with Gasteiger partial charge >= 0.3 is 0 Å². The van der Waals surface area contributed by atoms with Crippen molar-refractivity contribution in [3.8, 4) is 0 Å². The number of thiophene rings is 1. The zero-order chi connectivity index (χ0) is 12.1. The number of nitrogens with two attached hydrogens (primary N) is 1. The summed E-state index contributed by atoms with van der Waals surface area (Å²) < 4.78 is 19.0. The molecule has 0 aliphatic carbocycles. The molecular weight excluding hydrogens is 237 g/mol. The molecule has 0 spiro atoms. The fourth-order valence-electron chi connectivity index (χ4n) is 1.55. The summed E-state index contributed by atoms with van der Waals surface area (Å²) in [6, 6.07) is 10.5. The van der Waals surface area contributed by atoms with Crippen molar-refractivity contribution in [3.05, 3.63) is 58.0 Å². The van der Waals surface area contributed by atoms with Crippen molar-refractivity contribution >= 4 is 11.3 Å². The van der Waals surface area contributed by atoms with Gasteiger partial charge in [-0.15, -0.1) is 11.3 Å². The molecule has 0 aliphatic heterocycles. The molecule has 1 aromatic heterocycles. The Kier molecular flexibility index (Phi) is 4.25. The lowest BCUT2D eigenvalue weighted by molar-refractivity contribution is 0.0463. The molecule has 17 heavy (non-hydrogen) atoms. The van der Waals surface area contributed by atoms with E-state index in [0.717, 1.165) is 4.88 Å². The van der Waals surface area contributed by atoms with Crippen LogP contribution in [0.1, 0.15) is 16.5 Å². The predicted octanol–water partition coefficient (Wildman–Crippen LogP) is 3.10. The molecule has 2 nitrogen and oxygen atoms in total. The first-order valence-electron chi connectivity index (χ1n) is 5.39. The Balaban J connectivity index is 2.00. The van der Waals surface area contributed by atoms with Crippen LogP contribution in [0.5, 0.6) is 0 Å². The second-order valence-electron chi connectivity index (χ2n) is 3.64. The Morgan fingerprint density at radius 1 is 1.24 bits per heavy atom. The molecule has 0 fully saturated rings. The molecule has 2 N–H and O–H groups in total. The van der Waals surface area contributed by atoms with Crippen LogP contribution in [0.3, 0.4) is 0 Å². The Hall–Kier alpha value is -1.23. The van der Waals surface area contributed by atoms with Gasteiger partial charge in [0.1, 0.15) is 11.9 Å². The molecule has 0 aliphatic rings. The lowest BCUT2D eigenvalue weighted by Gasteiger charge is -2.14. The minimum atomic E-state index is -0.241. The highest BCUT2D eigenvalue weighted by molar-refractivity contribution is 7.10. The number of halogens is 1. The van der Waals surface area contributed by atoms with Gasteiger partial charge in [-0.25, -0.2) is 4.39 Å². The molecule has 1 unspecified atom stereocenters. The van der Waals surface area contributed by atoms with E-state index in [-0.39, 0.29) is 18.5 Å². The van der Waals surface area contributed by atoms with E-state index in [1.165, 1.54) is 6.07 Å². The van der Waals surface area contributed by atoms with Crippen molar-refractivity contribution in [2.45, 2.75) is 12.7 Å². The van der Waals surface area contributed by atoms with Gasteiger partial charge in [-0.05, 0) is 17.5 Å². The first kappa shape index (κ1) is 12.2. The van der Waals surface area contributed by atoms with Gasteiger partial charge in [-0.3, -0.25) is 0 Å². The molecule has 1 heterocycles. The highest BCUT2D eigenvalue weighted by atomic mass is 32.1. The average molecular weight is 251 g/mol. The molecule has 0 saturated carbocycles. The molecule has 1 aromatic carbocycles. The van der Waals surface area contributed by atoms with Crippen molar-refractivity contribution in [1.29, 1.82) is 0 Å². The molecule has 1 atom stereocenters. The number of hydrogen-bond donors (Lipinski definition) is 1. The lowest BCUT2D eigenvalue weighted by Crippen LogP contribution is -2.15. The summed E-state index contributed by atoms with van der Waals surface area (Å²) in [5.41, 5.74) is 6.21. The maximum Gasteiger partial charge on any atom is 0.128 e. The highest BCUT2D eigenvalue weighted by Crippen LogP contribution is 2.23. The van der Waals surface area contributed by atoms with E-state index >= 15 is 0 Å². The summed E-state index contributed by atoms with van der Waals surface area (Å²) in [6.45, 7) is 0.640. The van der Waals surface area contributed by atoms with Gasteiger partial charge in [0.2, 0.25) is 0 Å². The molecule has 90 valence electrons. The molecule has 0 saturated heterocycles. The van der Waals surface area contributed by atoms with Gasteiger partial charge in [0.25, 0.3) is 0 Å². The number of benzene rings is 1. The van der Waals surface area contributed by atoms with E-state index in [0.29, 0.717) is 12.1 Å². The third kappa shape index (κ3) is 3.12. The smallest absolute Gasteiger partial charge is 0.128 e. The molecule has 0 bridgehead atoms. The van der Waals surface area contributed by atoms with Crippen LogP contribution in [-0.2, 0) is 11.3 Å². The van der Waals surface area contributed by atoms with E-state index in [1.807, 2.05) is 17.5 Å². The first-order chi connectivity index (χ1) is 8.31. The van der Waals surface area contributed by atoms with Crippen LogP contribution < -0.4 is 5.73 Å². The Bertz CT molecular complexity index is 458. The third-order valence-electron chi connectivity index (χ3n) is 2.47. The van der Waals surface area contributed by atoms with Gasteiger partial charge < -0.3 is 10.5 Å². The highest BCUT2D eigenvalue weighted by Gasteiger charge is 2.12. The summed E-state index contributed by atoms with van der Waals surface area (Å²) >= 11 is 1.60. The number of hydrogen-bond acceptors (Lipinski definition) is 3. The predicted molar refractivity (Wildman–Crippen MR) is 67.3 cm³/mol. The van der Waals surface area contributed by atoms with Crippen LogP contribution in [0, 0.1) is 5.82 Å². The number of rotatable bonds is 5. The first-order valence-corrected chi connectivity index (χ1v) is 6.27. The Morgan fingerprint density at radius 3 is 2.71 bits per heavy atom. The Morgan fingerprint density at radius 2 is 2.06 bits per heavy atom. The summed E-state index contributed by atoms with van der Waals surface area (Å²) in [5.74, 6) is -0.241. The van der Waals surface area contributed by atoms with Crippen LogP contribution >= 0.6 is 11.3 Å². The van der Waals surface area contributed by atoms with E-state index < -0.39 is 0 Å². The van der Waals surface area contributed by atoms with Crippen molar-refractivity contribution in [3.63, 3.8) is 0 Å². The standard InChI is InChI=1S/C13H14FNOS/c14-11-5-2-1-4-10(11)9-16-12(8-15)13-6-3-7-17-13/h1-7,12H,8-9,15H2. The second kappa shape index (κ2) is 5.91. The Labute approximate surface area is 104 Å². The summed E-state index contributed by atoms with van der Waals surface area (Å²) in [6.07, 6.45) is -0.158. The fraction of sp³-hybridized carbons (Fsp3) is 0.231. The molecule has 0 radical (unpaired) electrons. The van der Waals surface area contributed by atoms with Crippen LogP contribution in [-0.4, -0.2) is 6.54 Å². The van der Waals surface area contributed by atoms with Gasteiger partial charge in [-0.2, -0.15) is 0 Å². The minimum Gasteiger partial charge on any atom is -0.367 e. The molecule has 2 aromatic rings. The topological polar surface area (TPSA) is 35.2 Å². The second-order valence-corrected chi connectivity index (χ2v) is 4.62. The monoisotopic (exact) mass is 251 g/mol. The number of ether oxygens (including phenoxy) is 1. The normalized spacial score (nSPS) is 12.6. The van der Waals surface area contributed by atoms with E-state index in [9.17, 15) is 4.39 Å². The maximum absolute atomic E-state index is 13.4. The fourth-order valence-corrected chi connectivity index (χ4v) is 2.33. The minimum absolute atomic E-state index is 0.158. The van der Waals surface area contributed by atoms with Crippen LogP contribution in [0.4, 0.5) is 4.39 Å².